The van der Waals surface area contributed by atoms with E-state index in [9.17, 15) is 13.5 Å². The number of hydrogen-bond acceptors (Lipinski definition) is 3. The Morgan fingerprint density at radius 3 is 2.14 bits per heavy atom. The van der Waals surface area contributed by atoms with Crippen molar-refractivity contribution < 1.29 is 13.5 Å². The van der Waals surface area contributed by atoms with Gasteiger partial charge in [0.1, 0.15) is 0 Å². The van der Waals surface area contributed by atoms with Gasteiger partial charge < -0.3 is 5.11 Å². The van der Waals surface area contributed by atoms with Crippen LogP contribution in [0.2, 0.25) is 0 Å². The number of hydrogen-bond donors (Lipinski definition) is 1. The molecule has 1 N–H and O–H groups in total. The van der Waals surface area contributed by atoms with E-state index in [1.54, 1.807) is 24.3 Å². The third-order valence-electron chi connectivity index (χ3n) is 3.55. The fourth-order valence-corrected chi connectivity index (χ4v) is 3.60. The summed E-state index contributed by atoms with van der Waals surface area (Å²) in [5.41, 5.74) is 3.57. The third kappa shape index (κ3) is 3.71. The van der Waals surface area contributed by atoms with Crippen molar-refractivity contribution in [3.05, 3.63) is 64.7 Å². The highest BCUT2D eigenvalue weighted by molar-refractivity contribution is 7.91. The van der Waals surface area contributed by atoms with Crippen molar-refractivity contribution in [2.24, 2.45) is 0 Å². The van der Waals surface area contributed by atoms with Gasteiger partial charge in [-0.15, -0.1) is 0 Å². The molecule has 2 aromatic carbocycles. The molecule has 0 saturated carbocycles. The first-order valence-corrected chi connectivity index (χ1v) is 8.49. The van der Waals surface area contributed by atoms with E-state index in [-0.39, 0.29) is 10.6 Å². The quantitative estimate of drug-likeness (QED) is 0.944. The molecular formula is C17H20O3S. The van der Waals surface area contributed by atoms with Crippen LogP contribution in [0.1, 0.15) is 28.4 Å². The average molecular weight is 304 g/mol. The van der Waals surface area contributed by atoms with Crippen molar-refractivity contribution in [2.75, 3.05) is 5.75 Å². The molecule has 2 aromatic rings. The maximum Gasteiger partial charge on any atom is 0.181 e. The maximum absolute atomic E-state index is 12.4. The van der Waals surface area contributed by atoms with Gasteiger partial charge in [-0.25, -0.2) is 8.42 Å². The molecule has 0 spiro atoms. The SMILES string of the molecule is Cc1ccc(S(=O)(=O)CC(O)c2cc(C)ccc2C)cc1. The molecule has 3 nitrogen and oxygen atoms in total. The van der Waals surface area contributed by atoms with E-state index in [1.165, 1.54) is 0 Å². The summed E-state index contributed by atoms with van der Waals surface area (Å²) in [5, 5.41) is 10.3. The second-order valence-electron chi connectivity index (χ2n) is 5.47. The number of sulfone groups is 1. The van der Waals surface area contributed by atoms with Gasteiger partial charge in [0.05, 0.1) is 16.8 Å². The third-order valence-corrected chi connectivity index (χ3v) is 5.30. The Kier molecular flexibility index (Phi) is 4.49. The Morgan fingerprint density at radius 2 is 1.52 bits per heavy atom. The first-order chi connectivity index (χ1) is 9.79. The van der Waals surface area contributed by atoms with E-state index in [2.05, 4.69) is 0 Å². The summed E-state index contributed by atoms with van der Waals surface area (Å²) in [7, 11) is -3.50. The lowest BCUT2D eigenvalue weighted by atomic mass is 10.0. The van der Waals surface area contributed by atoms with Crippen LogP contribution in [-0.4, -0.2) is 19.3 Å². The van der Waals surface area contributed by atoms with Gasteiger partial charge >= 0.3 is 0 Å². The largest absolute Gasteiger partial charge is 0.387 e. The maximum atomic E-state index is 12.4. The minimum absolute atomic E-state index is 0.248. The van der Waals surface area contributed by atoms with Crippen molar-refractivity contribution in [3.63, 3.8) is 0 Å². The second-order valence-corrected chi connectivity index (χ2v) is 7.50. The lowest BCUT2D eigenvalue weighted by Gasteiger charge is -2.15. The minimum atomic E-state index is -3.50. The highest BCUT2D eigenvalue weighted by Crippen LogP contribution is 2.23. The second kappa shape index (κ2) is 6.00. The number of aryl methyl sites for hydroxylation is 3. The Hall–Kier alpha value is -1.65. The summed E-state index contributed by atoms with van der Waals surface area (Å²) in [6.07, 6.45) is -1.02. The fraction of sp³-hybridized carbons (Fsp3) is 0.294. The molecule has 112 valence electrons. The van der Waals surface area contributed by atoms with Crippen molar-refractivity contribution in [2.45, 2.75) is 31.8 Å². The fourth-order valence-electron chi connectivity index (χ4n) is 2.26. The van der Waals surface area contributed by atoms with Gasteiger partial charge in [-0.3, -0.25) is 0 Å². The number of rotatable bonds is 4. The van der Waals surface area contributed by atoms with Crippen molar-refractivity contribution in [1.82, 2.24) is 0 Å². The Balaban J connectivity index is 2.27. The summed E-state index contributed by atoms with van der Waals surface area (Å²) < 4.78 is 24.7. The Bertz CT molecular complexity index is 731. The highest BCUT2D eigenvalue weighted by Gasteiger charge is 2.22. The van der Waals surface area contributed by atoms with Crippen LogP contribution in [0.4, 0.5) is 0 Å². The van der Waals surface area contributed by atoms with Crippen LogP contribution in [0.15, 0.2) is 47.4 Å². The predicted octanol–water partition coefficient (Wildman–Crippen LogP) is 3.12. The van der Waals surface area contributed by atoms with E-state index in [4.69, 9.17) is 0 Å². The van der Waals surface area contributed by atoms with Gasteiger partial charge in [0.25, 0.3) is 0 Å². The molecule has 21 heavy (non-hydrogen) atoms. The molecule has 0 aliphatic carbocycles. The normalized spacial score (nSPS) is 13.1. The van der Waals surface area contributed by atoms with E-state index in [0.717, 1.165) is 16.7 Å². The smallest absolute Gasteiger partial charge is 0.181 e. The summed E-state index contributed by atoms with van der Waals surface area (Å²) >= 11 is 0. The first kappa shape index (κ1) is 15.7. The molecule has 0 radical (unpaired) electrons. The van der Waals surface area contributed by atoms with E-state index < -0.39 is 15.9 Å². The standard InChI is InChI=1S/C17H20O3S/c1-12-5-8-15(9-6-12)21(19,20)11-17(18)16-10-13(2)4-7-14(16)3/h4-10,17-18H,11H2,1-3H3. The van der Waals surface area contributed by atoms with E-state index in [0.29, 0.717) is 5.56 Å². The monoisotopic (exact) mass is 304 g/mol. The van der Waals surface area contributed by atoms with Crippen LogP contribution in [0.25, 0.3) is 0 Å². The van der Waals surface area contributed by atoms with Gasteiger partial charge in [-0.2, -0.15) is 0 Å². The topological polar surface area (TPSA) is 54.4 Å². The Labute approximate surface area is 126 Å². The highest BCUT2D eigenvalue weighted by atomic mass is 32.2. The van der Waals surface area contributed by atoms with Gasteiger partial charge in [-0.05, 0) is 44.0 Å². The Morgan fingerprint density at radius 1 is 0.952 bits per heavy atom. The molecule has 0 aliphatic heterocycles. The molecule has 4 heteroatoms. The van der Waals surface area contributed by atoms with Crippen molar-refractivity contribution >= 4 is 9.84 Å². The number of aliphatic hydroxyl groups excluding tert-OH is 1. The van der Waals surface area contributed by atoms with Gasteiger partial charge in [0.15, 0.2) is 9.84 Å². The zero-order valence-corrected chi connectivity index (χ0v) is 13.3. The summed E-state index contributed by atoms with van der Waals surface area (Å²) in [5.74, 6) is -0.305. The molecule has 0 amide bonds. The summed E-state index contributed by atoms with van der Waals surface area (Å²) in [6.45, 7) is 5.70. The molecule has 0 heterocycles. The molecule has 0 saturated heterocycles. The first-order valence-electron chi connectivity index (χ1n) is 6.84. The molecule has 1 atom stereocenters. The predicted molar refractivity (Wildman–Crippen MR) is 84.1 cm³/mol. The lowest BCUT2D eigenvalue weighted by molar-refractivity contribution is 0.201. The van der Waals surface area contributed by atoms with Crippen LogP contribution in [0, 0.1) is 20.8 Å². The summed E-state index contributed by atoms with van der Waals surface area (Å²) in [6, 6.07) is 12.4. The molecular weight excluding hydrogens is 284 g/mol. The summed E-state index contributed by atoms with van der Waals surface area (Å²) in [4.78, 5) is 0.248. The minimum Gasteiger partial charge on any atom is -0.387 e. The van der Waals surface area contributed by atoms with Crippen molar-refractivity contribution in [1.29, 1.82) is 0 Å². The molecule has 0 aromatic heterocycles. The molecule has 0 fully saturated rings. The van der Waals surface area contributed by atoms with Crippen LogP contribution in [-0.2, 0) is 9.84 Å². The molecule has 0 bridgehead atoms. The van der Waals surface area contributed by atoms with Gasteiger partial charge in [0, 0.05) is 0 Å². The van der Waals surface area contributed by atoms with Crippen LogP contribution < -0.4 is 0 Å². The zero-order chi connectivity index (χ0) is 15.6. The number of benzene rings is 2. The molecule has 2 rings (SSSR count). The average Bonchev–Trinajstić information content (AvgIpc) is 2.41. The van der Waals surface area contributed by atoms with Gasteiger partial charge in [0.2, 0.25) is 0 Å². The van der Waals surface area contributed by atoms with Crippen molar-refractivity contribution in [3.8, 4) is 0 Å². The molecule has 1 unspecified atom stereocenters. The van der Waals surface area contributed by atoms with Gasteiger partial charge in [-0.1, -0.05) is 41.5 Å². The number of aliphatic hydroxyl groups is 1. The van der Waals surface area contributed by atoms with Crippen LogP contribution >= 0.6 is 0 Å². The molecule has 0 aliphatic rings. The van der Waals surface area contributed by atoms with E-state index >= 15 is 0 Å². The van der Waals surface area contributed by atoms with E-state index in [1.807, 2.05) is 39.0 Å². The zero-order valence-electron chi connectivity index (χ0n) is 12.5. The van der Waals surface area contributed by atoms with Crippen LogP contribution in [0.3, 0.4) is 0 Å². The lowest BCUT2D eigenvalue weighted by Crippen LogP contribution is -2.15. The van der Waals surface area contributed by atoms with Crippen LogP contribution in [0.5, 0.6) is 0 Å².